The number of nitrogens with one attached hydrogen (secondary N) is 3. The maximum atomic E-state index is 14.4. The van der Waals surface area contributed by atoms with Crippen LogP contribution in [0.25, 0.3) is 43.6 Å². The molecule has 4 aromatic heterocycles. The number of aromatic nitrogens is 8. The maximum absolute atomic E-state index is 14.4. The van der Waals surface area contributed by atoms with Crippen LogP contribution in [0, 0.1) is 41.0 Å². The largest absolute Gasteiger partial charge is 1.00 e. The molecule has 6 aromatic carbocycles. The fourth-order valence-electron chi connectivity index (χ4n) is 10.4. The Morgan fingerprint density at radius 2 is 0.915 bits per heavy atom. The number of anilines is 4. The number of carboxylic acids is 2. The van der Waals surface area contributed by atoms with E-state index in [0.29, 0.717) is 38.9 Å². The summed E-state index contributed by atoms with van der Waals surface area (Å²) in [5.74, 6) is -5.62. The normalized spacial score (nSPS) is 15.3. The third kappa shape index (κ3) is 23.4. The molecule has 0 amide bonds. The number of benzene rings is 6. The van der Waals surface area contributed by atoms with Gasteiger partial charge in [0.1, 0.15) is 33.3 Å². The Balaban J connectivity index is 0.000000226. The molecule has 0 saturated carbocycles. The standard InChI is InChI=1S/C14H13BrCl2FN3.C14H13BrClF2N3.C8HBrCl3FN2.C8H3BrClFN2O2.C7H4BrClFNO2.C7H5BrFNO2.C6H13N.Cs.FH/c1-7-4-2-3-5-21(7)13-8-6-9(16)10(15)11(18)12(8)19-14(17)20-13;1-7-4-2-3-5-21(7)13-8-6-9(16)10(15)11(17)12(8)19-14(18)20-13;9-4-3(10)1-2-6(5(4)13)14-8(12)15-7(2)11;9-4-3(10)1-2-6(5(4)11)12-8(15)13-7(2)14;8-4-3(9)1-2(7(12)13)6(11)5(4)10;8-4-2-1-3(7(11)12)6(10)5(4)9;1-6-4-2-3-5-7-6;;/h2*6-7H,2-5H2,1H3;1H;1H,(H2,12,13,14,15);1H,11H2,(H,12,13);1-2H,10H2,(H,11,12);6-7H,2-5H2,1H3;;1H/q;;;;;;;+1;/p-1/t2*7-;;;;;6-;;/m00....0../s1. The Hall–Kier alpha value is -2.93. The summed E-state index contributed by atoms with van der Waals surface area (Å²) in [6, 6.07) is 11.0. The molecule has 0 radical (unpaired) electrons. The first kappa shape index (κ1) is 93.7. The van der Waals surface area contributed by atoms with Crippen LogP contribution in [0.5, 0.6) is 0 Å². The molecule has 13 rings (SSSR count). The molecule has 0 bridgehead atoms. The summed E-state index contributed by atoms with van der Waals surface area (Å²) in [4.78, 5) is 74.8. The van der Waals surface area contributed by atoms with Crippen LogP contribution >= 0.6 is 188 Å². The Morgan fingerprint density at radius 3 is 1.38 bits per heavy atom. The molecule has 3 saturated heterocycles. The fourth-order valence-corrected chi connectivity index (χ4v) is 13.9. The van der Waals surface area contributed by atoms with E-state index in [1.54, 1.807) is 12.1 Å². The van der Waals surface area contributed by atoms with Crippen LogP contribution in [0.1, 0.15) is 99.3 Å². The first-order chi connectivity index (χ1) is 48.9. The fraction of sp³-hybridized carbons (Fsp3) is 0.281. The number of carbonyl (C=O) groups is 2. The molecular formula is C64H52Br6Cl8CsF8N13O6. The third-order valence-electron chi connectivity index (χ3n) is 15.7. The number of aromatic carboxylic acids is 2. The molecule has 0 aliphatic carbocycles. The second-order valence-corrected chi connectivity index (χ2v) is 30.6. The maximum Gasteiger partial charge on any atom is 1.00 e. The van der Waals surface area contributed by atoms with Crippen LogP contribution < -0.4 is 111 Å². The minimum Gasteiger partial charge on any atom is -1.00 e. The van der Waals surface area contributed by atoms with Gasteiger partial charge in [-0.15, -0.1) is 0 Å². The first-order valence-electron chi connectivity index (χ1n) is 30.2. The molecule has 564 valence electrons. The van der Waals surface area contributed by atoms with Gasteiger partial charge in [-0.3, -0.25) is 9.78 Å². The van der Waals surface area contributed by atoms with Crippen molar-refractivity contribution in [1.82, 2.24) is 45.2 Å². The van der Waals surface area contributed by atoms with Crippen LogP contribution in [-0.4, -0.2) is 99.8 Å². The number of H-pyrrole nitrogens is 2. The zero-order chi connectivity index (χ0) is 77.2. The molecule has 7 heterocycles. The number of nitrogens with zero attached hydrogens (tertiary/aromatic N) is 8. The van der Waals surface area contributed by atoms with E-state index in [1.165, 1.54) is 56.5 Å². The van der Waals surface area contributed by atoms with E-state index in [4.69, 9.17) is 114 Å². The van der Waals surface area contributed by atoms with Gasteiger partial charge in [-0.2, -0.15) is 19.3 Å². The predicted molar refractivity (Wildman–Crippen MR) is 418 cm³/mol. The molecule has 19 nitrogen and oxygen atoms in total. The van der Waals surface area contributed by atoms with Crippen molar-refractivity contribution in [3.8, 4) is 0 Å². The zero-order valence-electron chi connectivity index (χ0n) is 54.8. The zero-order valence-corrected chi connectivity index (χ0v) is 76.7. The average Bonchev–Trinajstić information content (AvgIpc) is 0.765. The summed E-state index contributed by atoms with van der Waals surface area (Å²) in [5, 5.41) is 22.6. The molecule has 10 aromatic rings. The summed E-state index contributed by atoms with van der Waals surface area (Å²) in [7, 11) is 0. The number of fused-ring (bicyclic) bond motifs is 4. The van der Waals surface area contributed by atoms with E-state index in [2.05, 4.69) is 161 Å². The first-order valence-corrected chi connectivity index (χ1v) is 38.0. The second kappa shape index (κ2) is 42.3. The summed E-state index contributed by atoms with van der Waals surface area (Å²) in [5.41, 5.74) is 7.64. The minimum absolute atomic E-state index is 0. The molecule has 0 spiro atoms. The topological polar surface area (TPSA) is 288 Å². The van der Waals surface area contributed by atoms with Crippen molar-refractivity contribution in [3.63, 3.8) is 0 Å². The summed E-state index contributed by atoms with van der Waals surface area (Å²) >= 11 is 64.2. The molecule has 3 fully saturated rings. The SMILES string of the molecule is C[C@H]1CCCCN1.C[C@H]1CCCCN1c1nc(Cl)nc2c(F)c(Br)c(Cl)cc12.C[C@H]1CCCCN1c1nc(F)nc2c(F)c(Br)c(Cl)cc12.Fc1c(Br)c(Cl)cc2c(Cl)nc(Cl)nc12.Nc1c(C(=O)O)cc(Cl)c(Br)c1F.Nc1c(C(=O)O)ccc(Br)c1F.O=c1[nH]c(=O)c2cc(Cl)c(Br)c(F)c2[nH]1.[Cs+].[F-]. The number of aromatic amines is 2. The molecule has 9 N–H and O–H groups in total. The van der Waals surface area contributed by atoms with Crippen molar-refractivity contribution < 1.29 is 124 Å². The number of carboxylic acid groups (broad SMARTS) is 2. The quantitative estimate of drug-likeness (QED) is 0.0283. The number of nitrogens with two attached hydrogens (primary N) is 2. The minimum atomic E-state index is -1.31. The Labute approximate surface area is 746 Å². The van der Waals surface area contributed by atoms with Gasteiger partial charge in [0.2, 0.25) is 10.6 Å². The molecule has 42 heteroatoms. The van der Waals surface area contributed by atoms with Crippen molar-refractivity contribution in [2.45, 2.75) is 96.7 Å². The van der Waals surface area contributed by atoms with E-state index in [9.17, 15) is 49.9 Å². The summed E-state index contributed by atoms with van der Waals surface area (Å²) in [6.45, 7) is 9.32. The van der Waals surface area contributed by atoms with Gasteiger partial charge in [0, 0.05) is 47.4 Å². The Morgan fingerprint density at radius 1 is 0.500 bits per heavy atom. The molecule has 0 unspecified atom stereocenters. The average molecular weight is 2150 g/mol. The van der Waals surface area contributed by atoms with E-state index >= 15 is 0 Å². The molecule has 3 aliphatic rings. The predicted octanol–water partition coefficient (Wildman–Crippen LogP) is 15.7. The molecular weight excluding hydrogens is 2090 g/mol. The van der Waals surface area contributed by atoms with Gasteiger partial charge < -0.3 is 46.5 Å². The van der Waals surface area contributed by atoms with Crippen LogP contribution in [0.2, 0.25) is 40.8 Å². The summed E-state index contributed by atoms with van der Waals surface area (Å²) in [6.07, 6.45) is 9.74. The van der Waals surface area contributed by atoms with Gasteiger partial charge in [-0.05, 0) is 240 Å². The number of hydrogen-bond acceptors (Lipinski definition) is 15. The number of piperidine rings is 3. The van der Waals surface area contributed by atoms with Crippen LogP contribution in [0.15, 0.2) is 78.9 Å². The van der Waals surface area contributed by atoms with E-state index in [1.807, 2.05) is 9.88 Å². The van der Waals surface area contributed by atoms with Crippen molar-refractivity contribution >= 4 is 267 Å². The van der Waals surface area contributed by atoms with Crippen LogP contribution in [-0.2, 0) is 0 Å². The van der Waals surface area contributed by atoms with Crippen LogP contribution in [0.3, 0.4) is 0 Å². The Kier molecular flexibility index (Phi) is 37.3. The molecule has 3 aliphatic heterocycles. The Bertz CT molecular complexity index is 4960. The number of rotatable bonds is 4. The second-order valence-electron chi connectivity index (χ2n) is 22.7. The number of hydrogen-bond donors (Lipinski definition) is 7. The van der Waals surface area contributed by atoms with Gasteiger partial charge >= 0.3 is 92.6 Å². The van der Waals surface area contributed by atoms with Gasteiger partial charge in [-0.25, -0.2) is 55.7 Å². The van der Waals surface area contributed by atoms with E-state index in [-0.39, 0.29) is 187 Å². The van der Waals surface area contributed by atoms with E-state index in [0.717, 1.165) is 57.3 Å². The van der Waals surface area contributed by atoms with Gasteiger partial charge in [0.15, 0.2) is 34.9 Å². The summed E-state index contributed by atoms with van der Waals surface area (Å²) < 4.78 is 96.2. The van der Waals surface area contributed by atoms with E-state index < -0.39 is 69.9 Å². The number of halogens is 22. The van der Waals surface area contributed by atoms with Crippen LogP contribution in [0.4, 0.5) is 53.7 Å². The van der Waals surface area contributed by atoms with Crippen molar-refractivity contribution in [2.24, 2.45) is 0 Å². The van der Waals surface area contributed by atoms with Gasteiger partial charge in [0.25, 0.3) is 5.56 Å². The molecule has 3 atom stereocenters. The van der Waals surface area contributed by atoms with Gasteiger partial charge in [0.05, 0.1) is 85.4 Å². The monoisotopic (exact) mass is 2140 g/mol. The number of nitrogen functional groups attached to an aromatic ring is 2. The van der Waals surface area contributed by atoms with Gasteiger partial charge in [-0.1, -0.05) is 76.0 Å². The van der Waals surface area contributed by atoms with Crippen molar-refractivity contribution in [2.75, 3.05) is 40.9 Å². The van der Waals surface area contributed by atoms with Crippen molar-refractivity contribution in [3.05, 3.63) is 183 Å². The molecule has 106 heavy (non-hydrogen) atoms. The van der Waals surface area contributed by atoms with Crippen molar-refractivity contribution in [1.29, 1.82) is 0 Å². The smallest absolute Gasteiger partial charge is 1.00 e. The third-order valence-corrected chi connectivity index (χ3v) is 23.4.